The third-order valence-corrected chi connectivity index (χ3v) is 11.0. The summed E-state index contributed by atoms with van der Waals surface area (Å²) in [6.45, 7) is 0. The second kappa shape index (κ2) is 12.6. The average Bonchev–Trinajstić information content (AvgIpc) is 3.80. The lowest BCUT2D eigenvalue weighted by Gasteiger charge is -2.26. The fourth-order valence-corrected chi connectivity index (χ4v) is 8.38. The zero-order valence-corrected chi connectivity index (χ0v) is 29.9. The van der Waals surface area contributed by atoms with Crippen LogP contribution in [0, 0.1) is 0 Å². The fourth-order valence-electron chi connectivity index (χ4n) is 8.38. The molecule has 0 atom stereocenters. The quantitative estimate of drug-likeness (QED) is 0.172. The maximum absolute atomic E-state index is 6.24. The highest BCUT2D eigenvalue weighted by Crippen LogP contribution is 2.42. The van der Waals surface area contributed by atoms with E-state index in [1.807, 2.05) is 12.1 Å². The Hall–Kier alpha value is -7.36. The zero-order valence-electron chi connectivity index (χ0n) is 29.9. The van der Waals surface area contributed by atoms with Crippen LogP contribution in [-0.2, 0) is 0 Å². The normalized spacial score (nSPS) is 11.6. The van der Waals surface area contributed by atoms with Crippen LogP contribution in [0.5, 0.6) is 0 Å². The van der Waals surface area contributed by atoms with Gasteiger partial charge in [0.1, 0.15) is 11.2 Å². The van der Waals surface area contributed by atoms with Crippen LogP contribution in [0.3, 0.4) is 0 Å². The summed E-state index contributed by atoms with van der Waals surface area (Å²) in [6.07, 6.45) is 0. The second-order valence-electron chi connectivity index (χ2n) is 14.2. The molecule has 0 aliphatic rings. The number of fused-ring (bicyclic) bond motifs is 8. The van der Waals surface area contributed by atoms with Gasteiger partial charge < -0.3 is 13.9 Å². The lowest BCUT2D eigenvalue weighted by molar-refractivity contribution is 0.669. The van der Waals surface area contributed by atoms with Crippen molar-refractivity contribution >= 4 is 71.6 Å². The Kier molecular flexibility index (Phi) is 7.17. The van der Waals surface area contributed by atoms with Gasteiger partial charge in [-0.1, -0.05) is 133 Å². The number of anilines is 3. The molecule has 3 heteroatoms. The molecule has 0 radical (unpaired) electrons. The third kappa shape index (κ3) is 5.20. The van der Waals surface area contributed by atoms with Gasteiger partial charge in [0.15, 0.2) is 0 Å². The predicted octanol–water partition coefficient (Wildman–Crippen LogP) is 14.6. The SMILES string of the molecule is c1ccc(-c2cccc(N(c3ccc(-c4ccc5ccc6oc7ccccc7c6c5c4)cc3)c3ccc4c5ccccc5n(-c5ccccc5)c4c3)c2)cc1. The topological polar surface area (TPSA) is 21.3 Å². The van der Waals surface area contributed by atoms with Gasteiger partial charge >= 0.3 is 0 Å². The summed E-state index contributed by atoms with van der Waals surface area (Å²) in [5.74, 6) is 0. The molecule has 0 N–H and O–H groups in total. The molecule has 2 aromatic heterocycles. The number of rotatable bonds is 6. The largest absolute Gasteiger partial charge is 0.456 e. The van der Waals surface area contributed by atoms with E-state index in [1.54, 1.807) is 0 Å². The number of benzene rings is 9. The van der Waals surface area contributed by atoms with Crippen molar-refractivity contribution in [3.05, 3.63) is 206 Å². The summed E-state index contributed by atoms with van der Waals surface area (Å²) < 4.78 is 8.62. The fraction of sp³-hybridized carbons (Fsp3) is 0. The Balaban J connectivity index is 1.07. The summed E-state index contributed by atoms with van der Waals surface area (Å²) in [4.78, 5) is 2.38. The molecule has 0 bridgehead atoms. The molecule has 3 nitrogen and oxygen atoms in total. The van der Waals surface area contributed by atoms with Gasteiger partial charge in [0, 0.05) is 44.3 Å². The van der Waals surface area contributed by atoms with E-state index in [0.717, 1.165) is 44.9 Å². The van der Waals surface area contributed by atoms with Crippen LogP contribution in [0.4, 0.5) is 17.1 Å². The zero-order chi connectivity index (χ0) is 36.3. The summed E-state index contributed by atoms with van der Waals surface area (Å²) in [6, 6.07) is 74.0. The molecule has 0 amide bonds. The van der Waals surface area contributed by atoms with Gasteiger partial charge in [-0.15, -0.1) is 0 Å². The van der Waals surface area contributed by atoms with Gasteiger partial charge in [-0.05, 0) is 106 Å². The number of hydrogen-bond donors (Lipinski definition) is 0. The minimum absolute atomic E-state index is 0.915. The molecule has 0 aliphatic carbocycles. The van der Waals surface area contributed by atoms with Crippen LogP contribution in [-0.4, -0.2) is 4.57 Å². The number of furan rings is 1. The van der Waals surface area contributed by atoms with E-state index >= 15 is 0 Å². The van der Waals surface area contributed by atoms with Gasteiger partial charge in [-0.3, -0.25) is 0 Å². The molecular formula is C52H34N2O. The van der Waals surface area contributed by atoms with Crippen LogP contribution in [0.25, 0.3) is 82.5 Å². The molecule has 11 aromatic rings. The van der Waals surface area contributed by atoms with Crippen LogP contribution >= 0.6 is 0 Å². The van der Waals surface area contributed by atoms with Gasteiger partial charge in [-0.2, -0.15) is 0 Å². The van der Waals surface area contributed by atoms with Crippen molar-refractivity contribution in [3.63, 3.8) is 0 Å². The molecular weight excluding hydrogens is 669 g/mol. The first-order chi connectivity index (χ1) is 27.3. The summed E-state index contributed by atoms with van der Waals surface area (Å²) >= 11 is 0. The van der Waals surface area contributed by atoms with Gasteiger partial charge in [0.2, 0.25) is 0 Å². The molecule has 0 saturated carbocycles. The lowest BCUT2D eigenvalue weighted by Crippen LogP contribution is -2.10. The third-order valence-electron chi connectivity index (χ3n) is 11.0. The first-order valence-electron chi connectivity index (χ1n) is 18.8. The molecule has 2 heterocycles. The Labute approximate surface area is 318 Å². The van der Waals surface area contributed by atoms with Crippen LogP contribution in [0.2, 0.25) is 0 Å². The average molecular weight is 703 g/mol. The maximum atomic E-state index is 6.24. The summed E-state index contributed by atoms with van der Waals surface area (Å²) in [5.41, 5.74) is 13.3. The van der Waals surface area contributed by atoms with E-state index in [9.17, 15) is 0 Å². The van der Waals surface area contributed by atoms with Crippen molar-refractivity contribution in [2.24, 2.45) is 0 Å². The first kappa shape index (κ1) is 31.2. The van der Waals surface area contributed by atoms with Gasteiger partial charge in [0.05, 0.1) is 11.0 Å². The van der Waals surface area contributed by atoms with E-state index in [0.29, 0.717) is 0 Å². The Morgan fingerprint density at radius 1 is 0.345 bits per heavy atom. The van der Waals surface area contributed by atoms with Gasteiger partial charge in [0.25, 0.3) is 0 Å². The van der Waals surface area contributed by atoms with E-state index < -0.39 is 0 Å². The molecule has 0 aliphatic heterocycles. The van der Waals surface area contributed by atoms with E-state index in [2.05, 4.69) is 204 Å². The van der Waals surface area contributed by atoms with Crippen molar-refractivity contribution in [2.75, 3.05) is 4.90 Å². The molecule has 0 fully saturated rings. The van der Waals surface area contributed by atoms with Crippen molar-refractivity contribution in [1.29, 1.82) is 0 Å². The molecule has 55 heavy (non-hydrogen) atoms. The Morgan fingerprint density at radius 3 is 1.82 bits per heavy atom. The number of aromatic nitrogens is 1. The number of nitrogens with zero attached hydrogens (tertiary/aromatic N) is 2. The van der Waals surface area contributed by atoms with E-state index in [-0.39, 0.29) is 0 Å². The van der Waals surface area contributed by atoms with E-state index in [4.69, 9.17) is 4.42 Å². The highest BCUT2D eigenvalue weighted by molar-refractivity contribution is 6.19. The molecule has 258 valence electrons. The van der Waals surface area contributed by atoms with Crippen molar-refractivity contribution in [1.82, 2.24) is 4.57 Å². The van der Waals surface area contributed by atoms with E-state index in [1.165, 1.54) is 54.7 Å². The second-order valence-corrected chi connectivity index (χ2v) is 14.2. The lowest BCUT2D eigenvalue weighted by atomic mass is 9.98. The van der Waals surface area contributed by atoms with Crippen molar-refractivity contribution in [3.8, 4) is 27.9 Å². The van der Waals surface area contributed by atoms with Gasteiger partial charge in [-0.25, -0.2) is 0 Å². The van der Waals surface area contributed by atoms with Crippen LogP contribution in [0.15, 0.2) is 211 Å². The van der Waals surface area contributed by atoms with Crippen molar-refractivity contribution in [2.45, 2.75) is 0 Å². The standard InChI is InChI=1S/C52H34N2O/c1-3-12-35(13-4-1)38-14-11-17-42(32-38)53(43-29-30-45-44-18-7-9-20-48(44)54(49(45)34-43)40-15-5-2-6-16-40)41-27-24-36(25-28-41)39-23-22-37-26-31-51-52(47(37)33-39)46-19-8-10-21-50(46)55-51/h1-34H. The molecule has 0 saturated heterocycles. The molecule has 11 rings (SSSR count). The predicted molar refractivity (Wildman–Crippen MR) is 231 cm³/mol. The minimum Gasteiger partial charge on any atom is -0.456 e. The molecule has 0 unspecified atom stereocenters. The smallest absolute Gasteiger partial charge is 0.136 e. The summed E-state index contributed by atoms with van der Waals surface area (Å²) in [7, 11) is 0. The monoisotopic (exact) mass is 702 g/mol. The van der Waals surface area contributed by atoms with Crippen molar-refractivity contribution < 1.29 is 4.42 Å². The number of para-hydroxylation sites is 3. The summed E-state index contributed by atoms with van der Waals surface area (Å²) in [5, 5.41) is 7.18. The maximum Gasteiger partial charge on any atom is 0.136 e. The number of hydrogen-bond acceptors (Lipinski definition) is 2. The highest BCUT2D eigenvalue weighted by atomic mass is 16.3. The molecule has 0 spiro atoms. The minimum atomic E-state index is 0.915. The Morgan fingerprint density at radius 2 is 0.964 bits per heavy atom. The van der Waals surface area contributed by atoms with Crippen LogP contribution < -0.4 is 4.90 Å². The van der Waals surface area contributed by atoms with Crippen LogP contribution in [0.1, 0.15) is 0 Å². The highest BCUT2D eigenvalue weighted by Gasteiger charge is 2.19. The Bertz CT molecular complexity index is 3190. The molecule has 9 aromatic carbocycles. The first-order valence-corrected chi connectivity index (χ1v) is 18.8.